The normalized spacial score (nSPS) is 26.5. The van der Waals surface area contributed by atoms with Crippen LogP contribution in [0.15, 0.2) is 5.38 Å². The quantitative estimate of drug-likeness (QED) is 0.815. The number of fused-ring (bicyclic) bond motifs is 1. The smallest absolute Gasteiger partial charge is 0.126 e. The molecule has 0 aromatic carbocycles. The SMILES string of the molecule is Cn1c([C@@H]2CCCN2Cc2csc([C@H]3CCCO3)n2)nc2c1CCCC2. The number of aryl methyl sites for hydroxylation is 1. The van der Waals surface area contributed by atoms with Crippen LogP contribution in [0.1, 0.15) is 78.6 Å². The van der Waals surface area contributed by atoms with Crippen LogP contribution >= 0.6 is 11.3 Å². The first kappa shape index (κ1) is 16.9. The Hall–Kier alpha value is -1.24. The van der Waals surface area contributed by atoms with E-state index in [9.17, 15) is 0 Å². The van der Waals surface area contributed by atoms with Crippen LogP contribution in [0.25, 0.3) is 0 Å². The van der Waals surface area contributed by atoms with Crippen LogP contribution in [0.2, 0.25) is 0 Å². The van der Waals surface area contributed by atoms with Gasteiger partial charge in [0.25, 0.3) is 0 Å². The van der Waals surface area contributed by atoms with Crippen molar-refractivity contribution >= 4 is 11.3 Å². The van der Waals surface area contributed by atoms with E-state index in [1.165, 1.54) is 60.0 Å². The van der Waals surface area contributed by atoms with Gasteiger partial charge in [-0.05, 0) is 57.9 Å². The van der Waals surface area contributed by atoms with Gasteiger partial charge in [-0.25, -0.2) is 9.97 Å². The largest absolute Gasteiger partial charge is 0.371 e. The van der Waals surface area contributed by atoms with Gasteiger partial charge in [0.2, 0.25) is 0 Å². The Morgan fingerprint density at radius 1 is 1.15 bits per heavy atom. The van der Waals surface area contributed by atoms with Crippen molar-refractivity contribution in [3.05, 3.63) is 33.3 Å². The first-order chi connectivity index (χ1) is 12.8. The molecule has 0 saturated carbocycles. The molecule has 2 aromatic rings. The Balaban J connectivity index is 1.34. The number of likely N-dealkylation sites (tertiary alicyclic amines) is 1. The number of thiazole rings is 1. The maximum absolute atomic E-state index is 5.80. The lowest BCUT2D eigenvalue weighted by atomic mass is 10.0. The van der Waals surface area contributed by atoms with Gasteiger partial charge in [-0.2, -0.15) is 0 Å². The average molecular weight is 373 g/mol. The molecule has 140 valence electrons. The third-order valence-electron chi connectivity index (χ3n) is 6.21. The van der Waals surface area contributed by atoms with Gasteiger partial charge < -0.3 is 9.30 Å². The number of imidazole rings is 1. The van der Waals surface area contributed by atoms with Crippen molar-refractivity contribution in [2.75, 3.05) is 13.2 Å². The van der Waals surface area contributed by atoms with Crippen molar-refractivity contribution in [3.63, 3.8) is 0 Å². The molecule has 2 atom stereocenters. The molecule has 0 radical (unpaired) electrons. The monoisotopic (exact) mass is 372 g/mol. The zero-order valence-electron chi connectivity index (χ0n) is 15.6. The minimum Gasteiger partial charge on any atom is -0.371 e. The fraction of sp³-hybridized carbons (Fsp3) is 0.700. The maximum Gasteiger partial charge on any atom is 0.126 e. The van der Waals surface area contributed by atoms with Crippen molar-refractivity contribution < 1.29 is 4.74 Å². The molecule has 5 rings (SSSR count). The highest BCUT2D eigenvalue weighted by atomic mass is 32.1. The van der Waals surface area contributed by atoms with E-state index in [0.717, 1.165) is 39.0 Å². The highest BCUT2D eigenvalue weighted by molar-refractivity contribution is 7.09. The van der Waals surface area contributed by atoms with Gasteiger partial charge in [0.1, 0.15) is 16.9 Å². The predicted octanol–water partition coefficient (Wildman–Crippen LogP) is 3.94. The highest BCUT2D eigenvalue weighted by Gasteiger charge is 2.32. The summed E-state index contributed by atoms with van der Waals surface area (Å²) in [7, 11) is 2.22. The lowest BCUT2D eigenvalue weighted by Crippen LogP contribution is -2.25. The fourth-order valence-electron chi connectivity index (χ4n) is 4.84. The van der Waals surface area contributed by atoms with Gasteiger partial charge in [0.05, 0.1) is 17.4 Å². The Morgan fingerprint density at radius 2 is 2.08 bits per heavy atom. The minimum absolute atomic E-state index is 0.240. The number of aromatic nitrogens is 3. The molecule has 2 saturated heterocycles. The third kappa shape index (κ3) is 3.02. The van der Waals surface area contributed by atoms with Crippen LogP contribution in [-0.4, -0.2) is 32.6 Å². The molecular formula is C20H28N4OS. The van der Waals surface area contributed by atoms with Crippen LogP contribution in [0, 0.1) is 0 Å². The Kier molecular flexibility index (Phi) is 4.59. The molecule has 5 nitrogen and oxygen atoms in total. The van der Waals surface area contributed by atoms with Crippen molar-refractivity contribution in [1.29, 1.82) is 0 Å². The molecule has 1 aliphatic carbocycles. The molecule has 0 spiro atoms. The molecule has 26 heavy (non-hydrogen) atoms. The maximum atomic E-state index is 5.80. The number of ether oxygens (including phenoxy) is 1. The Labute approximate surface area is 159 Å². The first-order valence-corrected chi connectivity index (χ1v) is 11.0. The van der Waals surface area contributed by atoms with Crippen LogP contribution < -0.4 is 0 Å². The topological polar surface area (TPSA) is 43.2 Å². The van der Waals surface area contributed by atoms with Gasteiger partial charge in [-0.1, -0.05) is 0 Å². The first-order valence-electron chi connectivity index (χ1n) is 10.1. The second-order valence-corrected chi connectivity index (χ2v) is 8.83. The van der Waals surface area contributed by atoms with Gasteiger partial charge in [-0.3, -0.25) is 4.90 Å². The fourth-order valence-corrected chi connectivity index (χ4v) is 5.73. The summed E-state index contributed by atoms with van der Waals surface area (Å²) < 4.78 is 8.20. The van der Waals surface area contributed by atoms with Gasteiger partial charge in [-0.15, -0.1) is 11.3 Å². The van der Waals surface area contributed by atoms with E-state index < -0.39 is 0 Å². The average Bonchev–Trinajstić information content (AvgIpc) is 3.42. The lowest BCUT2D eigenvalue weighted by Gasteiger charge is -2.23. The molecule has 0 unspecified atom stereocenters. The van der Waals surface area contributed by atoms with Crippen molar-refractivity contribution in [1.82, 2.24) is 19.4 Å². The second kappa shape index (κ2) is 7.06. The molecule has 3 aliphatic rings. The standard InChI is InChI=1S/C20H28N4OS/c1-23-16-7-3-2-6-15(16)22-19(23)17-8-4-10-24(17)12-14-13-26-20(21-14)18-9-5-11-25-18/h13,17-18H,2-12H2,1H3/t17-,18+/m0/s1. The summed E-state index contributed by atoms with van der Waals surface area (Å²) in [5.41, 5.74) is 4.04. The molecule has 0 amide bonds. The summed E-state index contributed by atoms with van der Waals surface area (Å²) in [5.74, 6) is 1.28. The van der Waals surface area contributed by atoms with E-state index in [4.69, 9.17) is 14.7 Å². The molecule has 2 aromatic heterocycles. The second-order valence-electron chi connectivity index (χ2n) is 7.94. The number of hydrogen-bond acceptors (Lipinski definition) is 5. The summed E-state index contributed by atoms with van der Waals surface area (Å²) in [5, 5.41) is 3.40. The molecule has 2 aliphatic heterocycles. The van der Waals surface area contributed by atoms with E-state index in [0.29, 0.717) is 6.04 Å². The van der Waals surface area contributed by atoms with Crippen molar-refractivity contribution in [3.8, 4) is 0 Å². The molecule has 6 heteroatoms. The predicted molar refractivity (Wildman–Crippen MR) is 102 cm³/mol. The molecule has 0 N–H and O–H groups in total. The van der Waals surface area contributed by atoms with Gasteiger partial charge >= 0.3 is 0 Å². The summed E-state index contributed by atoms with van der Waals surface area (Å²) in [6.07, 6.45) is 9.96. The van der Waals surface area contributed by atoms with Crippen LogP contribution in [-0.2, 0) is 31.2 Å². The Morgan fingerprint density at radius 3 is 2.92 bits per heavy atom. The van der Waals surface area contributed by atoms with Crippen LogP contribution in [0.5, 0.6) is 0 Å². The van der Waals surface area contributed by atoms with Crippen molar-refractivity contribution in [2.45, 2.75) is 70.1 Å². The molecule has 0 bridgehead atoms. The molecule has 4 heterocycles. The minimum atomic E-state index is 0.240. The number of nitrogens with zero attached hydrogens (tertiary/aromatic N) is 4. The highest BCUT2D eigenvalue weighted by Crippen LogP contribution is 2.36. The van der Waals surface area contributed by atoms with Gasteiger partial charge in [0, 0.05) is 31.3 Å². The van der Waals surface area contributed by atoms with E-state index in [2.05, 4.69) is 21.9 Å². The molecule has 2 fully saturated rings. The summed E-state index contributed by atoms with van der Waals surface area (Å²) in [4.78, 5) is 12.6. The summed E-state index contributed by atoms with van der Waals surface area (Å²) >= 11 is 1.77. The van der Waals surface area contributed by atoms with E-state index in [1.807, 2.05) is 0 Å². The zero-order valence-corrected chi connectivity index (χ0v) is 16.4. The third-order valence-corrected chi connectivity index (χ3v) is 7.20. The number of rotatable bonds is 4. The number of hydrogen-bond donors (Lipinski definition) is 0. The zero-order chi connectivity index (χ0) is 17.5. The van der Waals surface area contributed by atoms with E-state index >= 15 is 0 Å². The lowest BCUT2D eigenvalue weighted by molar-refractivity contribution is 0.111. The Bertz CT molecular complexity index is 777. The van der Waals surface area contributed by atoms with Crippen LogP contribution in [0.3, 0.4) is 0 Å². The van der Waals surface area contributed by atoms with E-state index in [-0.39, 0.29) is 6.10 Å². The van der Waals surface area contributed by atoms with Crippen molar-refractivity contribution in [2.24, 2.45) is 7.05 Å². The van der Waals surface area contributed by atoms with Crippen LogP contribution in [0.4, 0.5) is 0 Å². The summed E-state index contributed by atoms with van der Waals surface area (Å²) in [6, 6.07) is 0.443. The van der Waals surface area contributed by atoms with Gasteiger partial charge in [0.15, 0.2) is 0 Å². The summed E-state index contributed by atoms with van der Waals surface area (Å²) in [6.45, 7) is 2.97. The van der Waals surface area contributed by atoms with E-state index in [1.54, 1.807) is 11.3 Å². The molecular weight excluding hydrogens is 344 g/mol.